The number of aromatic amines is 1. The van der Waals surface area contributed by atoms with Crippen LogP contribution < -0.4 is 5.73 Å². The molecule has 0 bridgehead atoms. The summed E-state index contributed by atoms with van der Waals surface area (Å²) in [5, 5.41) is 1.20. The Bertz CT molecular complexity index is 494. The van der Waals surface area contributed by atoms with E-state index >= 15 is 0 Å². The van der Waals surface area contributed by atoms with Crippen LogP contribution in [-0.4, -0.2) is 16.5 Å². The van der Waals surface area contributed by atoms with E-state index in [0.717, 1.165) is 23.5 Å². The summed E-state index contributed by atoms with van der Waals surface area (Å²) in [7, 11) is 0. The summed E-state index contributed by atoms with van der Waals surface area (Å²) in [6.07, 6.45) is 2.55. The summed E-state index contributed by atoms with van der Waals surface area (Å²) < 4.78 is 0. The monoisotopic (exact) mass is 255 g/mol. The van der Waals surface area contributed by atoms with E-state index in [1.165, 1.54) is 0 Å². The van der Waals surface area contributed by atoms with Gasteiger partial charge in [-0.1, -0.05) is 23.2 Å². The predicted octanol–water partition coefficient (Wildman–Crippen LogP) is 2.88. The maximum absolute atomic E-state index is 6.08. The molecule has 3 nitrogen and oxygen atoms in total. The number of H-pyrrole nitrogens is 1. The molecule has 2 rings (SSSR count). The van der Waals surface area contributed by atoms with Gasteiger partial charge in [-0.05, 0) is 24.7 Å². The summed E-state index contributed by atoms with van der Waals surface area (Å²) in [5.74, 6) is 0.741. The fourth-order valence-corrected chi connectivity index (χ4v) is 1.96. The standard InChI is InChI=1S/C11H11Cl2N3/c12-7-1-2-9(10(13)5-7)11-15-6-8(16-11)3-4-14/h1-2,5-6H,3-4,14H2,(H,15,16). The molecule has 5 heteroatoms. The third kappa shape index (κ3) is 2.38. The largest absolute Gasteiger partial charge is 0.342 e. The van der Waals surface area contributed by atoms with Gasteiger partial charge in [0.15, 0.2) is 0 Å². The third-order valence-corrected chi connectivity index (χ3v) is 2.78. The summed E-state index contributed by atoms with van der Waals surface area (Å²) in [6.45, 7) is 0.593. The van der Waals surface area contributed by atoms with E-state index in [9.17, 15) is 0 Å². The SMILES string of the molecule is NCCc1cnc(-c2ccc(Cl)cc2Cl)[nH]1. The molecule has 0 spiro atoms. The Hall–Kier alpha value is -1.03. The van der Waals surface area contributed by atoms with Crippen LogP contribution in [-0.2, 0) is 6.42 Å². The predicted molar refractivity (Wildman–Crippen MR) is 66.8 cm³/mol. The van der Waals surface area contributed by atoms with Crippen molar-refractivity contribution in [2.75, 3.05) is 6.54 Å². The Balaban J connectivity index is 2.35. The van der Waals surface area contributed by atoms with Crippen LogP contribution in [0.3, 0.4) is 0 Å². The number of benzene rings is 1. The summed E-state index contributed by atoms with van der Waals surface area (Å²) in [6, 6.07) is 5.33. The lowest BCUT2D eigenvalue weighted by Crippen LogP contribution is -2.02. The first-order valence-electron chi connectivity index (χ1n) is 4.90. The normalized spacial score (nSPS) is 10.7. The van der Waals surface area contributed by atoms with Gasteiger partial charge in [-0.15, -0.1) is 0 Å². The zero-order valence-electron chi connectivity index (χ0n) is 8.50. The fraction of sp³-hybridized carbons (Fsp3) is 0.182. The first-order chi connectivity index (χ1) is 7.70. The van der Waals surface area contributed by atoms with Crippen LogP contribution in [0.4, 0.5) is 0 Å². The van der Waals surface area contributed by atoms with Crippen molar-refractivity contribution in [2.24, 2.45) is 5.73 Å². The van der Waals surface area contributed by atoms with Gasteiger partial charge in [0.2, 0.25) is 0 Å². The molecule has 0 radical (unpaired) electrons. The molecular formula is C11H11Cl2N3. The second kappa shape index (κ2) is 4.87. The zero-order valence-corrected chi connectivity index (χ0v) is 10.0. The van der Waals surface area contributed by atoms with Crippen LogP contribution in [0, 0.1) is 0 Å². The highest BCUT2D eigenvalue weighted by Gasteiger charge is 2.07. The number of halogens is 2. The molecule has 0 fully saturated rings. The smallest absolute Gasteiger partial charge is 0.138 e. The topological polar surface area (TPSA) is 54.7 Å². The van der Waals surface area contributed by atoms with Gasteiger partial charge in [0.05, 0.1) is 5.02 Å². The molecule has 0 saturated heterocycles. The van der Waals surface area contributed by atoms with Crippen molar-refractivity contribution in [1.29, 1.82) is 0 Å². The lowest BCUT2D eigenvalue weighted by Gasteiger charge is -2.01. The van der Waals surface area contributed by atoms with Crippen molar-refractivity contribution >= 4 is 23.2 Å². The number of nitrogens with two attached hydrogens (primary N) is 1. The average molecular weight is 256 g/mol. The zero-order chi connectivity index (χ0) is 11.5. The van der Waals surface area contributed by atoms with Crippen molar-refractivity contribution < 1.29 is 0 Å². The fourth-order valence-electron chi connectivity index (χ4n) is 1.46. The summed E-state index contributed by atoms with van der Waals surface area (Å²) >= 11 is 11.9. The van der Waals surface area contributed by atoms with Crippen LogP contribution in [0.15, 0.2) is 24.4 Å². The second-order valence-electron chi connectivity index (χ2n) is 3.42. The molecule has 0 saturated carbocycles. The van der Waals surface area contributed by atoms with Crippen molar-refractivity contribution in [1.82, 2.24) is 9.97 Å². The highest BCUT2D eigenvalue weighted by Crippen LogP contribution is 2.28. The Morgan fingerprint density at radius 3 is 2.81 bits per heavy atom. The van der Waals surface area contributed by atoms with Gasteiger partial charge in [0.1, 0.15) is 5.82 Å². The molecule has 1 aromatic carbocycles. The number of hydrogen-bond acceptors (Lipinski definition) is 2. The van der Waals surface area contributed by atoms with Gasteiger partial charge in [-0.3, -0.25) is 0 Å². The van der Waals surface area contributed by atoms with E-state index in [1.807, 2.05) is 6.07 Å². The number of hydrogen-bond donors (Lipinski definition) is 2. The lowest BCUT2D eigenvalue weighted by atomic mass is 10.2. The molecule has 1 heterocycles. The molecule has 84 valence electrons. The molecule has 2 aromatic rings. The van der Waals surface area contributed by atoms with Crippen LogP contribution in [0.5, 0.6) is 0 Å². The van der Waals surface area contributed by atoms with Crippen molar-refractivity contribution in [3.63, 3.8) is 0 Å². The van der Waals surface area contributed by atoms with Crippen molar-refractivity contribution in [3.8, 4) is 11.4 Å². The lowest BCUT2D eigenvalue weighted by molar-refractivity contribution is 0.936. The second-order valence-corrected chi connectivity index (χ2v) is 4.26. The maximum Gasteiger partial charge on any atom is 0.138 e. The van der Waals surface area contributed by atoms with E-state index in [1.54, 1.807) is 18.3 Å². The molecular weight excluding hydrogens is 245 g/mol. The van der Waals surface area contributed by atoms with Crippen LogP contribution in [0.1, 0.15) is 5.69 Å². The molecule has 0 aliphatic rings. The Kier molecular flexibility index (Phi) is 3.49. The van der Waals surface area contributed by atoms with E-state index < -0.39 is 0 Å². The number of nitrogens with one attached hydrogen (secondary N) is 1. The van der Waals surface area contributed by atoms with Crippen LogP contribution in [0.2, 0.25) is 10.0 Å². The Morgan fingerprint density at radius 1 is 1.31 bits per heavy atom. The van der Waals surface area contributed by atoms with E-state index in [0.29, 0.717) is 16.6 Å². The van der Waals surface area contributed by atoms with Crippen molar-refractivity contribution in [3.05, 3.63) is 40.1 Å². The first-order valence-corrected chi connectivity index (χ1v) is 5.65. The van der Waals surface area contributed by atoms with Gasteiger partial charge < -0.3 is 10.7 Å². The minimum absolute atomic E-state index is 0.584. The Labute approximate surface area is 104 Å². The highest BCUT2D eigenvalue weighted by atomic mass is 35.5. The van der Waals surface area contributed by atoms with Crippen LogP contribution >= 0.6 is 23.2 Å². The number of nitrogens with zero attached hydrogens (tertiary/aromatic N) is 1. The first kappa shape index (κ1) is 11.5. The van der Waals surface area contributed by atoms with Gasteiger partial charge in [-0.25, -0.2) is 4.98 Å². The summed E-state index contributed by atoms with van der Waals surface area (Å²) in [4.78, 5) is 7.43. The van der Waals surface area contributed by atoms with Crippen molar-refractivity contribution in [2.45, 2.75) is 6.42 Å². The minimum Gasteiger partial charge on any atom is -0.342 e. The minimum atomic E-state index is 0.584. The van der Waals surface area contributed by atoms with Gasteiger partial charge in [0, 0.05) is 28.9 Å². The molecule has 0 aliphatic heterocycles. The molecule has 16 heavy (non-hydrogen) atoms. The number of rotatable bonds is 3. The van der Waals surface area contributed by atoms with Gasteiger partial charge in [0.25, 0.3) is 0 Å². The van der Waals surface area contributed by atoms with Gasteiger partial charge >= 0.3 is 0 Å². The Morgan fingerprint density at radius 2 is 2.12 bits per heavy atom. The third-order valence-electron chi connectivity index (χ3n) is 2.23. The van der Waals surface area contributed by atoms with E-state index in [2.05, 4.69) is 9.97 Å². The summed E-state index contributed by atoms with van der Waals surface area (Å²) in [5.41, 5.74) is 7.31. The quantitative estimate of drug-likeness (QED) is 0.887. The number of aromatic nitrogens is 2. The van der Waals surface area contributed by atoms with Gasteiger partial charge in [-0.2, -0.15) is 0 Å². The average Bonchev–Trinajstić information content (AvgIpc) is 2.67. The number of imidazole rings is 1. The molecule has 0 unspecified atom stereocenters. The molecule has 1 aromatic heterocycles. The molecule has 0 amide bonds. The highest BCUT2D eigenvalue weighted by molar-refractivity contribution is 6.36. The van der Waals surface area contributed by atoms with E-state index in [4.69, 9.17) is 28.9 Å². The maximum atomic E-state index is 6.08. The molecule has 0 atom stereocenters. The molecule has 0 aliphatic carbocycles. The van der Waals surface area contributed by atoms with E-state index in [-0.39, 0.29) is 0 Å². The molecule has 3 N–H and O–H groups in total. The van der Waals surface area contributed by atoms with Crippen LogP contribution in [0.25, 0.3) is 11.4 Å².